The molecule has 0 amide bonds. The molecule has 6 aromatic carbocycles. The standard InChI is InChI=1S/C24BF20.C18H15N2O/c26-5-1(6(27)14(35)21(42)13(5)34)25(2-7(28)15(36)22(43)16(37)8(2)29,3-9(30)17(38)23(44)18(39)10(3)31)4-11(32)19(40)24(45)20(41)12(4)33;21-18(16-9-5-2-6-10-16)14-20-12-11-19-17(13-20)15-7-3-1-4-8-15/h;1-13H,14H2/q-1;+1. The zero-order valence-corrected chi connectivity index (χ0v) is 31.7. The molecule has 0 spiro atoms. The van der Waals surface area contributed by atoms with Crippen molar-refractivity contribution in [3.05, 3.63) is 201 Å². The van der Waals surface area contributed by atoms with Crippen molar-refractivity contribution in [1.29, 1.82) is 0 Å². The summed E-state index contributed by atoms with van der Waals surface area (Å²) in [7, 11) is 0. The Kier molecular flexibility index (Phi) is 13.4. The second-order valence-electron chi connectivity index (χ2n) is 13.6. The zero-order chi connectivity index (χ0) is 48.8. The topological polar surface area (TPSA) is 33.8 Å². The first-order valence-electron chi connectivity index (χ1n) is 17.7. The Morgan fingerprint density at radius 1 is 0.394 bits per heavy atom. The highest BCUT2D eigenvalue weighted by molar-refractivity contribution is 7.20. The Morgan fingerprint density at radius 3 is 0.970 bits per heavy atom. The fourth-order valence-electron chi connectivity index (χ4n) is 7.04. The maximum atomic E-state index is 15.4. The Bertz CT molecular complexity index is 2700. The highest BCUT2D eigenvalue weighted by Gasteiger charge is 2.52. The highest BCUT2D eigenvalue weighted by atomic mass is 19.2. The largest absolute Gasteiger partial charge is 0.287 e. The third-order valence-corrected chi connectivity index (χ3v) is 9.96. The molecule has 0 aliphatic heterocycles. The predicted molar refractivity (Wildman–Crippen MR) is 190 cm³/mol. The van der Waals surface area contributed by atoms with Crippen LogP contribution in [0.15, 0.2) is 79.3 Å². The van der Waals surface area contributed by atoms with Gasteiger partial charge in [0.15, 0.2) is 82.2 Å². The maximum absolute atomic E-state index is 15.4. The molecule has 1 aromatic heterocycles. The van der Waals surface area contributed by atoms with E-state index in [1.54, 1.807) is 6.20 Å². The number of Topliss-reactive ketones (excluding diaryl/α,β-unsaturated/α-hetero) is 1. The lowest BCUT2D eigenvalue weighted by atomic mass is 9.12. The minimum atomic E-state index is -7.22. The molecule has 7 aromatic rings. The molecule has 0 N–H and O–H groups in total. The van der Waals surface area contributed by atoms with Crippen molar-refractivity contribution in [1.82, 2.24) is 4.98 Å². The summed E-state index contributed by atoms with van der Waals surface area (Å²) in [6.07, 6.45) is -1.78. The molecule has 0 unspecified atom stereocenters. The summed E-state index contributed by atoms with van der Waals surface area (Å²) in [5.41, 5.74) is -11.7. The minimum Gasteiger partial charge on any atom is -0.287 e. The van der Waals surface area contributed by atoms with Crippen LogP contribution in [0.25, 0.3) is 11.3 Å². The van der Waals surface area contributed by atoms with Crippen molar-refractivity contribution in [3.63, 3.8) is 0 Å². The van der Waals surface area contributed by atoms with Crippen LogP contribution in [0, 0.1) is 116 Å². The van der Waals surface area contributed by atoms with Gasteiger partial charge in [-0.3, -0.25) is 4.79 Å². The normalized spacial score (nSPS) is 11.5. The van der Waals surface area contributed by atoms with E-state index in [2.05, 4.69) is 4.98 Å². The number of nitrogens with zero attached hydrogens (tertiary/aromatic N) is 2. The smallest absolute Gasteiger partial charge is 0.227 e. The Labute approximate surface area is 354 Å². The first kappa shape index (κ1) is 48.2. The molecule has 342 valence electrons. The summed E-state index contributed by atoms with van der Waals surface area (Å²) in [6, 6.07) is 19.3. The number of carbonyl (C=O) groups excluding carboxylic acids is 1. The molecule has 0 saturated carbocycles. The van der Waals surface area contributed by atoms with Crippen LogP contribution in [-0.2, 0) is 6.54 Å². The van der Waals surface area contributed by atoms with Gasteiger partial charge in [-0.2, -0.15) is 4.57 Å². The van der Waals surface area contributed by atoms with Crippen molar-refractivity contribution in [3.8, 4) is 11.3 Å². The predicted octanol–water partition coefficient (Wildman–Crippen LogP) is 8.77. The highest BCUT2D eigenvalue weighted by Crippen LogP contribution is 2.31. The number of hydrogen-bond donors (Lipinski definition) is 0. The molecule has 0 atom stereocenters. The van der Waals surface area contributed by atoms with Gasteiger partial charge in [-0.15, -0.1) is 21.9 Å². The number of carbonyl (C=O) groups is 1. The van der Waals surface area contributed by atoms with E-state index in [0.29, 0.717) is 6.54 Å². The molecule has 66 heavy (non-hydrogen) atoms. The summed E-state index contributed by atoms with van der Waals surface area (Å²) < 4.78 is 296. The number of halogens is 20. The zero-order valence-electron chi connectivity index (χ0n) is 31.7. The lowest BCUT2D eigenvalue weighted by Crippen LogP contribution is -2.81. The van der Waals surface area contributed by atoms with Crippen molar-refractivity contribution in [2.45, 2.75) is 6.54 Å². The first-order valence-corrected chi connectivity index (χ1v) is 17.7. The van der Waals surface area contributed by atoms with Gasteiger partial charge in [0, 0.05) is 11.1 Å². The van der Waals surface area contributed by atoms with Crippen LogP contribution in [0.3, 0.4) is 0 Å². The van der Waals surface area contributed by atoms with E-state index in [4.69, 9.17) is 0 Å². The lowest BCUT2D eigenvalue weighted by Gasteiger charge is -2.44. The SMILES string of the molecule is Fc1c(F)c(F)c([B-](c2c(F)c(F)c(F)c(F)c2F)(c2c(F)c(F)c(F)c(F)c2F)c2c(F)c(F)c(F)c(F)c2F)c(F)c1F.O=C(C[n+]1ccnc(-c2ccccc2)c1)c1ccccc1. The number of aromatic nitrogens is 2. The van der Waals surface area contributed by atoms with Gasteiger partial charge in [-0.25, -0.2) is 92.8 Å². The molecule has 0 radical (unpaired) electrons. The van der Waals surface area contributed by atoms with Gasteiger partial charge in [0.25, 0.3) is 0 Å². The van der Waals surface area contributed by atoms with Crippen molar-refractivity contribution >= 4 is 33.8 Å². The van der Waals surface area contributed by atoms with Gasteiger partial charge in [-0.1, -0.05) is 60.7 Å². The van der Waals surface area contributed by atoms with E-state index in [0.717, 1.165) is 16.8 Å². The maximum Gasteiger partial charge on any atom is 0.227 e. The number of benzene rings is 6. The fourth-order valence-corrected chi connectivity index (χ4v) is 7.04. The minimum absolute atomic E-state index is 0.0887. The van der Waals surface area contributed by atoms with E-state index in [9.17, 15) is 57.5 Å². The number of ketones is 1. The van der Waals surface area contributed by atoms with Crippen molar-refractivity contribution < 1.29 is 97.2 Å². The third kappa shape index (κ3) is 7.76. The van der Waals surface area contributed by atoms with E-state index in [-0.39, 0.29) is 5.78 Å². The molecule has 7 rings (SSSR count). The monoisotopic (exact) mass is 954 g/mol. The number of rotatable bonds is 8. The summed E-state index contributed by atoms with van der Waals surface area (Å²) in [5.74, 6) is -71.3. The third-order valence-electron chi connectivity index (χ3n) is 9.96. The average molecular weight is 954 g/mol. The molecule has 0 aliphatic carbocycles. The van der Waals surface area contributed by atoms with E-state index in [1.165, 1.54) is 0 Å². The quantitative estimate of drug-likeness (QED) is 0.0382. The van der Waals surface area contributed by atoms with Crippen LogP contribution >= 0.6 is 0 Å². The second-order valence-corrected chi connectivity index (χ2v) is 13.6. The van der Waals surface area contributed by atoms with Gasteiger partial charge < -0.3 is 0 Å². The van der Waals surface area contributed by atoms with Gasteiger partial charge >= 0.3 is 0 Å². The van der Waals surface area contributed by atoms with Crippen LogP contribution in [0.2, 0.25) is 0 Å². The molecule has 0 saturated heterocycles. The Balaban J connectivity index is 0.000000284. The molecule has 0 bridgehead atoms. The summed E-state index contributed by atoms with van der Waals surface area (Å²) in [5, 5.41) is 0. The van der Waals surface area contributed by atoms with Crippen LogP contribution < -0.4 is 26.4 Å². The molecular formula is C42H15BF20N2O. The summed E-state index contributed by atoms with van der Waals surface area (Å²) in [6.45, 7) is 0.312. The molecule has 1 heterocycles. The van der Waals surface area contributed by atoms with E-state index in [1.807, 2.05) is 77.6 Å². The summed E-state index contributed by atoms with van der Waals surface area (Å²) in [4.78, 5) is 16.6. The van der Waals surface area contributed by atoms with Crippen LogP contribution in [0.4, 0.5) is 87.8 Å². The van der Waals surface area contributed by atoms with Gasteiger partial charge in [0.05, 0.1) is 6.20 Å². The second kappa shape index (κ2) is 18.3. The van der Waals surface area contributed by atoms with Crippen molar-refractivity contribution in [2.24, 2.45) is 0 Å². The van der Waals surface area contributed by atoms with Crippen LogP contribution in [-0.4, -0.2) is 16.9 Å². The van der Waals surface area contributed by atoms with Crippen molar-refractivity contribution in [2.75, 3.05) is 0 Å². The lowest BCUT2D eigenvalue weighted by molar-refractivity contribution is -0.683. The summed E-state index contributed by atoms with van der Waals surface area (Å²) >= 11 is 0. The van der Waals surface area contributed by atoms with E-state index < -0.39 is 144 Å². The molecule has 3 nitrogen and oxygen atoms in total. The number of hydrogen-bond acceptors (Lipinski definition) is 2. The van der Waals surface area contributed by atoms with Crippen LogP contribution in [0.5, 0.6) is 0 Å². The van der Waals surface area contributed by atoms with Gasteiger partial charge in [0.1, 0.15) is 58.4 Å². The van der Waals surface area contributed by atoms with Gasteiger partial charge in [-0.05, 0) is 0 Å². The average Bonchev–Trinajstić information content (AvgIpc) is 3.32. The Morgan fingerprint density at radius 2 is 0.667 bits per heavy atom. The molecule has 0 fully saturated rings. The molecule has 0 aliphatic rings. The van der Waals surface area contributed by atoms with Crippen LogP contribution in [0.1, 0.15) is 10.4 Å². The van der Waals surface area contributed by atoms with E-state index >= 15 is 35.1 Å². The fraction of sp³-hybridized carbons (Fsp3) is 0.0238. The molecular weight excluding hydrogens is 939 g/mol. The molecule has 24 heteroatoms. The first-order chi connectivity index (χ1) is 31.0. The Hall–Kier alpha value is -7.27. The van der Waals surface area contributed by atoms with Gasteiger partial charge in [0.2, 0.25) is 12.3 Å².